The highest BCUT2D eigenvalue weighted by Crippen LogP contribution is 2.34. The smallest absolute Gasteiger partial charge is 0.136 e. The van der Waals surface area contributed by atoms with Crippen LogP contribution in [-0.2, 0) is 4.79 Å². The normalized spacial score (nSPS) is 35.8. The Hall–Kier alpha value is -0.590. The Morgan fingerprint density at radius 2 is 2.25 bits per heavy atom. The second-order valence-corrected chi connectivity index (χ2v) is 3.83. The zero-order valence-electron chi connectivity index (χ0n) is 7.33. The maximum atomic E-state index is 11.4. The van der Waals surface area contributed by atoms with Crippen molar-refractivity contribution in [1.82, 2.24) is 0 Å². The largest absolute Gasteiger partial charge is 0.299 e. The topological polar surface area (TPSA) is 17.1 Å². The Balaban J connectivity index is 1.99. The molecule has 0 aromatic carbocycles. The first-order chi connectivity index (χ1) is 5.88. The SMILES string of the molecule is O=C1CCCC1C1[CH]C=CCC1. The van der Waals surface area contributed by atoms with Crippen LogP contribution in [0.5, 0.6) is 0 Å². The molecular weight excluding hydrogens is 148 g/mol. The molecule has 0 N–H and O–H groups in total. The molecule has 12 heavy (non-hydrogen) atoms. The summed E-state index contributed by atoms with van der Waals surface area (Å²) in [5, 5.41) is 0. The van der Waals surface area contributed by atoms with E-state index in [-0.39, 0.29) is 0 Å². The lowest BCUT2D eigenvalue weighted by molar-refractivity contribution is -0.121. The molecule has 0 heterocycles. The fraction of sp³-hybridized carbons (Fsp3) is 0.636. The van der Waals surface area contributed by atoms with Gasteiger partial charge in [-0.15, -0.1) is 0 Å². The van der Waals surface area contributed by atoms with Crippen LogP contribution in [0.25, 0.3) is 0 Å². The Labute approximate surface area is 73.8 Å². The van der Waals surface area contributed by atoms with Crippen molar-refractivity contribution >= 4 is 5.78 Å². The summed E-state index contributed by atoms with van der Waals surface area (Å²) in [5.74, 6) is 1.44. The van der Waals surface area contributed by atoms with Crippen molar-refractivity contribution in [3.05, 3.63) is 18.6 Å². The first kappa shape index (κ1) is 8.03. The van der Waals surface area contributed by atoms with Gasteiger partial charge >= 0.3 is 0 Å². The molecular formula is C11H15O. The van der Waals surface area contributed by atoms with E-state index in [1.807, 2.05) is 0 Å². The summed E-state index contributed by atoms with van der Waals surface area (Å²) in [7, 11) is 0. The van der Waals surface area contributed by atoms with Crippen LogP contribution in [0.1, 0.15) is 32.1 Å². The lowest BCUT2D eigenvalue weighted by Crippen LogP contribution is -2.20. The third kappa shape index (κ3) is 1.45. The number of Topliss-reactive ketones (excluding diaryl/α,β-unsaturated/α-hetero) is 1. The molecule has 0 amide bonds. The molecule has 1 nitrogen and oxygen atoms in total. The number of hydrogen-bond donors (Lipinski definition) is 0. The standard InChI is InChI=1S/C11H15O/c12-11-8-4-7-10(11)9-5-2-1-3-6-9/h1-2,5,9-10H,3-4,6-8H2. The number of ketones is 1. The van der Waals surface area contributed by atoms with Gasteiger partial charge in [0.15, 0.2) is 0 Å². The van der Waals surface area contributed by atoms with E-state index in [0.29, 0.717) is 17.6 Å². The van der Waals surface area contributed by atoms with E-state index < -0.39 is 0 Å². The molecule has 0 saturated heterocycles. The fourth-order valence-corrected chi connectivity index (χ4v) is 2.33. The van der Waals surface area contributed by atoms with E-state index in [4.69, 9.17) is 0 Å². The molecule has 1 heteroatoms. The maximum Gasteiger partial charge on any atom is 0.136 e. The first-order valence-electron chi connectivity index (χ1n) is 4.90. The summed E-state index contributed by atoms with van der Waals surface area (Å²) in [5.41, 5.74) is 0. The van der Waals surface area contributed by atoms with E-state index in [0.717, 1.165) is 25.7 Å². The molecule has 65 valence electrons. The summed E-state index contributed by atoms with van der Waals surface area (Å²) in [4.78, 5) is 11.4. The van der Waals surface area contributed by atoms with Gasteiger partial charge in [-0.05, 0) is 38.0 Å². The Morgan fingerprint density at radius 1 is 1.33 bits per heavy atom. The molecule has 2 atom stereocenters. The van der Waals surface area contributed by atoms with Gasteiger partial charge in [-0.1, -0.05) is 12.2 Å². The minimum absolute atomic E-state index is 0.370. The second-order valence-electron chi connectivity index (χ2n) is 3.83. The highest BCUT2D eigenvalue weighted by atomic mass is 16.1. The highest BCUT2D eigenvalue weighted by Gasteiger charge is 2.31. The lowest BCUT2D eigenvalue weighted by atomic mass is 9.82. The van der Waals surface area contributed by atoms with E-state index in [1.54, 1.807) is 0 Å². The monoisotopic (exact) mass is 163 g/mol. The molecule has 1 fully saturated rings. The van der Waals surface area contributed by atoms with Crippen molar-refractivity contribution in [2.75, 3.05) is 0 Å². The van der Waals surface area contributed by atoms with E-state index in [2.05, 4.69) is 18.6 Å². The molecule has 2 unspecified atom stereocenters. The average Bonchev–Trinajstić information content (AvgIpc) is 2.53. The van der Waals surface area contributed by atoms with Gasteiger partial charge in [0, 0.05) is 12.3 Å². The van der Waals surface area contributed by atoms with E-state index >= 15 is 0 Å². The molecule has 0 aromatic heterocycles. The van der Waals surface area contributed by atoms with Crippen LogP contribution < -0.4 is 0 Å². The minimum atomic E-state index is 0.370. The zero-order chi connectivity index (χ0) is 8.39. The van der Waals surface area contributed by atoms with Crippen LogP contribution in [0.15, 0.2) is 12.2 Å². The second kappa shape index (κ2) is 3.42. The minimum Gasteiger partial charge on any atom is -0.299 e. The molecule has 2 aliphatic carbocycles. The Morgan fingerprint density at radius 3 is 2.83 bits per heavy atom. The van der Waals surface area contributed by atoms with E-state index in [9.17, 15) is 4.79 Å². The maximum absolute atomic E-state index is 11.4. The van der Waals surface area contributed by atoms with Gasteiger partial charge in [0.25, 0.3) is 0 Å². The summed E-state index contributed by atoms with van der Waals surface area (Å²) < 4.78 is 0. The third-order valence-corrected chi connectivity index (χ3v) is 3.03. The molecule has 1 saturated carbocycles. The van der Waals surface area contributed by atoms with Crippen molar-refractivity contribution in [2.24, 2.45) is 11.8 Å². The molecule has 2 aliphatic rings. The van der Waals surface area contributed by atoms with Crippen molar-refractivity contribution in [2.45, 2.75) is 32.1 Å². The van der Waals surface area contributed by atoms with Crippen LogP contribution >= 0.6 is 0 Å². The number of hydrogen-bond acceptors (Lipinski definition) is 1. The van der Waals surface area contributed by atoms with Crippen molar-refractivity contribution in [3.63, 3.8) is 0 Å². The van der Waals surface area contributed by atoms with Gasteiger partial charge in [-0.2, -0.15) is 0 Å². The molecule has 0 bridgehead atoms. The summed E-state index contributed by atoms with van der Waals surface area (Å²) >= 11 is 0. The predicted molar refractivity (Wildman–Crippen MR) is 48.5 cm³/mol. The summed E-state index contributed by atoms with van der Waals surface area (Å²) in [6, 6.07) is 0. The first-order valence-corrected chi connectivity index (χ1v) is 4.90. The Bertz CT molecular complexity index is 205. The van der Waals surface area contributed by atoms with Crippen LogP contribution in [0, 0.1) is 18.3 Å². The van der Waals surface area contributed by atoms with Gasteiger partial charge in [0.05, 0.1) is 0 Å². The summed E-state index contributed by atoms with van der Waals surface area (Å²) in [6.07, 6.45) is 12.0. The number of carbonyl (C=O) groups is 1. The molecule has 0 aliphatic heterocycles. The molecule has 0 spiro atoms. The average molecular weight is 163 g/mol. The number of carbonyl (C=O) groups excluding carboxylic acids is 1. The lowest BCUT2D eigenvalue weighted by Gasteiger charge is -2.22. The highest BCUT2D eigenvalue weighted by molar-refractivity contribution is 5.83. The van der Waals surface area contributed by atoms with Crippen LogP contribution in [-0.4, -0.2) is 5.78 Å². The number of rotatable bonds is 1. The van der Waals surface area contributed by atoms with Crippen LogP contribution in [0.2, 0.25) is 0 Å². The van der Waals surface area contributed by atoms with Gasteiger partial charge in [0.2, 0.25) is 0 Å². The van der Waals surface area contributed by atoms with Crippen molar-refractivity contribution < 1.29 is 4.79 Å². The van der Waals surface area contributed by atoms with Gasteiger partial charge in [-0.25, -0.2) is 0 Å². The van der Waals surface area contributed by atoms with Crippen LogP contribution in [0.3, 0.4) is 0 Å². The van der Waals surface area contributed by atoms with Crippen LogP contribution in [0.4, 0.5) is 0 Å². The van der Waals surface area contributed by atoms with Crippen molar-refractivity contribution in [3.8, 4) is 0 Å². The van der Waals surface area contributed by atoms with Gasteiger partial charge < -0.3 is 0 Å². The zero-order valence-corrected chi connectivity index (χ0v) is 7.33. The third-order valence-electron chi connectivity index (χ3n) is 3.03. The van der Waals surface area contributed by atoms with Crippen molar-refractivity contribution in [1.29, 1.82) is 0 Å². The quantitative estimate of drug-likeness (QED) is 0.580. The molecule has 0 aromatic rings. The Kier molecular flexibility index (Phi) is 2.29. The number of allylic oxidation sites excluding steroid dienone is 2. The molecule has 2 rings (SSSR count). The van der Waals surface area contributed by atoms with Gasteiger partial charge in [0.1, 0.15) is 5.78 Å². The fourth-order valence-electron chi connectivity index (χ4n) is 2.33. The van der Waals surface area contributed by atoms with E-state index in [1.165, 1.54) is 6.42 Å². The predicted octanol–water partition coefficient (Wildman–Crippen LogP) is 2.53. The summed E-state index contributed by atoms with van der Waals surface area (Å²) in [6.45, 7) is 0. The molecule has 1 radical (unpaired) electrons. The van der Waals surface area contributed by atoms with Gasteiger partial charge in [-0.3, -0.25) is 4.79 Å².